The van der Waals surface area contributed by atoms with Gasteiger partial charge in [-0.2, -0.15) is 0 Å². The Morgan fingerprint density at radius 3 is 1.40 bits per heavy atom. The van der Waals surface area contributed by atoms with Crippen LogP contribution in [0, 0.1) is 0 Å². The molecule has 4 heteroatoms. The van der Waals surface area contributed by atoms with E-state index in [0.29, 0.717) is 17.5 Å². The van der Waals surface area contributed by atoms with Crippen LogP contribution in [0.2, 0.25) is 0 Å². The summed E-state index contributed by atoms with van der Waals surface area (Å²) >= 11 is 0. The van der Waals surface area contributed by atoms with Gasteiger partial charge in [0.2, 0.25) is 0 Å². The first-order valence-corrected chi connectivity index (χ1v) is 23.1. The lowest BCUT2D eigenvalue weighted by molar-refractivity contribution is 0.666. The Bertz CT molecular complexity index is 3800. The Balaban J connectivity index is 0.937. The van der Waals surface area contributed by atoms with Crippen LogP contribution in [0.25, 0.3) is 101 Å². The highest BCUT2D eigenvalue weighted by Gasteiger charge is 2.46. The third kappa shape index (κ3) is 6.49. The number of hydrogen-bond acceptors (Lipinski definition) is 4. The molecule has 13 rings (SSSR count). The second-order valence-electron chi connectivity index (χ2n) is 17.5. The van der Waals surface area contributed by atoms with Crippen molar-refractivity contribution in [1.82, 2.24) is 15.0 Å². The van der Waals surface area contributed by atoms with Gasteiger partial charge in [-0.15, -0.1) is 0 Å². The van der Waals surface area contributed by atoms with E-state index < -0.39 is 5.41 Å². The molecule has 0 N–H and O–H groups in total. The number of hydrogen-bond donors (Lipinski definition) is 0. The minimum Gasteiger partial charge on any atom is -0.456 e. The van der Waals surface area contributed by atoms with Crippen LogP contribution in [0.4, 0.5) is 0 Å². The summed E-state index contributed by atoms with van der Waals surface area (Å²) in [5, 5.41) is 2.14. The molecular weight excluding hydrogens is 827 g/mol. The number of aromatic nitrogens is 3. The normalized spacial score (nSPS) is 12.5. The van der Waals surface area contributed by atoms with Gasteiger partial charge in [0.25, 0.3) is 0 Å². The molecule has 1 aliphatic carbocycles. The van der Waals surface area contributed by atoms with Crippen molar-refractivity contribution in [3.8, 4) is 78.7 Å². The smallest absolute Gasteiger partial charge is 0.164 e. The molecule has 68 heavy (non-hydrogen) atoms. The van der Waals surface area contributed by atoms with E-state index in [1.807, 2.05) is 12.1 Å². The topological polar surface area (TPSA) is 51.8 Å². The minimum absolute atomic E-state index is 0.513. The summed E-state index contributed by atoms with van der Waals surface area (Å²) < 4.78 is 6.92. The Morgan fingerprint density at radius 1 is 0.265 bits per heavy atom. The van der Waals surface area contributed by atoms with E-state index in [1.54, 1.807) is 0 Å². The van der Waals surface area contributed by atoms with E-state index in [1.165, 1.54) is 33.4 Å². The van der Waals surface area contributed by atoms with Gasteiger partial charge in [0.1, 0.15) is 11.2 Å². The molecule has 2 aromatic heterocycles. The zero-order chi connectivity index (χ0) is 45.0. The second kappa shape index (κ2) is 16.2. The molecule has 318 valence electrons. The highest BCUT2D eigenvalue weighted by Crippen LogP contribution is 2.56. The van der Waals surface area contributed by atoms with E-state index in [-0.39, 0.29) is 0 Å². The van der Waals surface area contributed by atoms with Crippen molar-refractivity contribution in [2.45, 2.75) is 5.41 Å². The molecule has 0 saturated heterocycles. The molecule has 0 bridgehead atoms. The Morgan fingerprint density at radius 2 is 0.721 bits per heavy atom. The number of furan rings is 1. The van der Waals surface area contributed by atoms with Crippen LogP contribution < -0.4 is 0 Å². The largest absolute Gasteiger partial charge is 0.456 e. The first kappa shape index (κ1) is 39.4. The van der Waals surface area contributed by atoms with Gasteiger partial charge < -0.3 is 4.42 Å². The van der Waals surface area contributed by atoms with E-state index in [0.717, 1.165) is 72.0 Å². The summed E-state index contributed by atoms with van der Waals surface area (Å²) in [4.78, 5) is 15.6. The van der Waals surface area contributed by atoms with Crippen molar-refractivity contribution >= 4 is 21.9 Å². The average molecular weight is 868 g/mol. The van der Waals surface area contributed by atoms with Crippen molar-refractivity contribution in [2.75, 3.05) is 0 Å². The molecule has 0 radical (unpaired) electrons. The quantitative estimate of drug-likeness (QED) is 0.153. The number of fused-ring (bicyclic) bond motifs is 6. The van der Waals surface area contributed by atoms with E-state index >= 15 is 0 Å². The molecular formula is C64H41N3O. The summed E-state index contributed by atoms with van der Waals surface area (Å²) in [6.45, 7) is 0. The maximum atomic E-state index is 6.92. The van der Waals surface area contributed by atoms with Crippen LogP contribution >= 0.6 is 0 Å². The molecule has 10 aromatic carbocycles. The van der Waals surface area contributed by atoms with Crippen molar-refractivity contribution in [1.29, 1.82) is 0 Å². The summed E-state index contributed by atoms with van der Waals surface area (Å²) in [7, 11) is 0. The lowest BCUT2D eigenvalue weighted by Crippen LogP contribution is -2.28. The zero-order valence-electron chi connectivity index (χ0n) is 36.9. The van der Waals surface area contributed by atoms with Crippen LogP contribution in [0.3, 0.4) is 0 Å². The molecule has 0 aliphatic heterocycles. The van der Waals surface area contributed by atoms with Crippen molar-refractivity contribution in [2.24, 2.45) is 0 Å². The SMILES string of the molecule is c1ccc(-c2ccc(-c3nc(-c4cccc(-c5ccccc5)c4)nc(-c4ccccc4-c4ccc5c(c4)oc4cc(C6(c7ccccc7)c7ccccc7-c7ccccc76)ccc45)n3)cc2)cc1. The molecule has 0 fully saturated rings. The highest BCUT2D eigenvalue weighted by atomic mass is 16.3. The molecule has 4 nitrogen and oxygen atoms in total. The summed E-state index contributed by atoms with van der Waals surface area (Å²) in [5.41, 5.74) is 17.9. The van der Waals surface area contributed by atoms with Crippen LogP contribution in [0.15, 0.2) is 253 Å². The third-order valence-electron chi connectivity index (χ3n) is 13.7. The second-order valence-corrected chi connectivity index (χ2v) is 17.5. The predicted molar refractivity (Wildman–Crippen MR) is 277 cm³/mol. The van der Waals surface area contributed by atoms with Gasteiger partial charge in [0.15, 0.2) is 17.5 Å². The molecule has 1 aliphatic rings. The van der Waals surface area contributed by atoms with Crippen molar-refractivity contribution in [3.05, 3.63) is 271 Å². The average Bonchev–Trinajstić information content (AvgIpc) is 3.94. The van der Waals surface area contributed by atoms with Crippen LogP contribution in [0.1, 0.15) is 22.3 Å². The predicted octanol–water partition coefficient (Wildman–Crippen LogP) is 16.1. The summed E-state index contributed by atoms with van der Waals surface area (Å²) in [5.74, 6) is 1.80. The maximum absolute atomic E-state index is 6.92. The van der Waals surface area contributed by atoms with Crippen molar-refractivity contribution in [3.63, 3.8) is 0 Å². The van der Waals surface area contributed by atoms with E-state index in [2.05, 4.69) is 237 Å². The molecule has 0 spiro atoms. The van der Waals surface area contributed by atoms with Gasteiger partial charge in [-0.05, 0) is 91.0 Å². The van der Waals surface area contributed by atoms with Gasteiger partial charge in [-0.1, -0.05) is 224 Å². The maximum Gasteiger partial charge on any atom is 0.164 e. The minimum atomic E-state index is -0.513. The van der Waals surface area contributed by atoms with E-state index in [9.17, 15) is 0 Å². The zero-order valence-corrected chi connectivity index (χ0v) is 36.9. The van der Waals surface area contributed by atoms with Crippen LogP contribution in [-0.2, 0) is 5.41 Å². The summed E-state index contributed by atoms with van der Waals surface area (Å²) in [6.07, 6.45) is 0. The lowest BCUT2D eigenvalue weighted by atomic mass is 9.67. The Labute approximate surface area is 394 Å². The summed E-state index contributed by atoms with van der Waals surface area (Å²) in [6, 6.07) is 88.0. The lowest BCUT2D eigenvalue weighted by Gasteiger charge is -2.33. The molecule has 0 unspecified atom stereocenters. The molecule has 2 heterocycles. The van der Waals surface area contributed by atoms with Crippen LogP contribution in [0.5, 0.6) is 0 Å². The van der Waals surface area contributed by atoms with E-state index in [4.69, 9.17) is 19.4 Å². The van der Waals surface area contributed by atoms with Crippen LogP contribution in [-0.4, -0.2) is 15.0 Å². The third-order valence-corrected chi connectivity index (χ3v) is 13.7. The first-order valence-electron chi connectivity index (χ1n) is 23.1. The number of rotatable bonds is 8. The fourth-order valence-electron chi connectivity index (χ4n) is 10.5. The van der Waals surface area contributed by atoms with Gasteiger partial charge in [0.05, 0.1) is 5.41 Å². The molecule has 0 atom stereocenters. The Kier molecular flexibility index (Phi) is 9.36. The molecule has 0 amide bonds. The highest BCUT2D eigenvalue weighted by molar-refractivity contribution is 6.07. The van der Waals surface area contributed by atoms with Gasteiger partial charge >= 0.3 is 0 Å². The first-order chi connectivity index (χ1) is 33.7. The van der Waals surface area contributed by atoms with Crippen molar-refractivity contribution < 1.29 is 4.42 Å². The number of nitrogens with zero attached hydrogens (tertiary/aromatic N) is 3. The Hall–Kier alpha value is -8.99. The molecule has 12 aromatic rings. The number of benzene rings is 10. The standard InChI is InChI=1S/C64H41N3O/c1-4-17-42(18-5-1)44-31-33-45(34-32-44)61-65-62(48-22-16-21-46(39-48)43-19-6-2-7-20-43)67-63(66-61)56-28-11-10-25-51(56)47-35-37-54-55-38-36-50(41-60(55)68-59(54)40-47)64(49-23-8-3-9-24-49)57-29-14-12-26-52(57)53-27-13-15-30-58(53)64/h1-41H. The van der Waals surface area contributed by atoms with Gasteiger partial charge in [0, 0.05) is 27.5 Å². The van der Waals surface area contributed by atoms with Gasteiger partial charge in [-0.25, -0.2) is 15.0 Å². The monoisotopic (exact) mass is 867 g/mol. The fourth-order valence-corrected chi connectivity index (χ4v) is 10.5. The van der Waals surface area contributed by atoms with Gasteiger partial charge in [-0.3, -0.25) is 0 Å². The molecule has 0 saturated carbocycles. The fraction of sp³-hybridized carbons (Fsp3) is 0.0156.